The predicted molar refractivity (Wildman–Crippen MR) is 95.5 cm³/mol. The molecule has 0 N–H and O–H groups in total. The molecule has 0 radical (unpaired) electrons. The number of carbonyl (C=O) groups excluding carboxylic acids is 2. The first-order chi connectivity index (χ1) is 12.6. The van der Waals surface area contributed by atoms with Crippen LogP contribution in [0.5, 0.6) is 0 Å². The molecule has 2 saturated heterocycles. The van der Waals surface area contributed by atoms with Crippen molar-refractivity contribution in [3.05, 3.63) is 71.5 Å². The van der Waals surface area contributed by atoms with Gasteiger partial charge < -0.3 is 0 Å². The maximum Gasteiger partial charge on any atom is 0.234 e. The Morgan fingerprint density at radius 1 is 0.846 bits per heavy atom. The molecule has 2 aromatic carbocycles. The molecule has 0 aromatic heterocycles. The van der Waals surface area contributed by atoms with Crippen LogP contribution in [0.2, 0.25) is 0 Å². The lowest BCUT2D eigenvalue weighted by Crippen LogP contribution is -2.37. The number of nitrogens with zero attached hydrogens (tertiary/aromatic N) is 2. The van der Waals surface area contributed by atoms with Crippen molar-refractivity contribution in [3.63, 3.8) is 0 Å². The summed E-state index contributed by atoms with van der Waals surface area (Å²) >= 11 is 0. The Morgan fingerprint density at radius 3 is 2.08 bits per heavy atom. The van der Waals surface area contributed by atoms with E-state index in [0.29, 0.717) is 32.6 Å². The number of halogens is 1. The standard InChI is InChI=1S/C21H21FN2O2/c22-17-8-6-16(7-9-17)12-23-13-18-19(14-23)21(26)24(20(18)25)11-10-15-4-2-1-3-5-15/h1-9,18-19H,10-14H2/t18-,19+. The summed E-state index contributed by atoms with van der Waals surface area (Å²) in [6, 6.07) is 16.3. The Morgan fingerprint density at radius 2 is 1.46 bits per heavy atom. The summed E-state index contributed by atoms with van der Waals surface area (Å²) in [5.41, 5.74) is 2.12. The molecule has 0 aliphatic carbocycles. The maximum atomic E-state index is 13.0. The average molecular weight is 352 g/mol. The number of hydrogen-bond donors (Lipinski definition) is 0. The number of imide groups is 1. The number of rotatable bonds is 5. The zero-order chi connectivity index (χ0) is 18.1. The van der Waals surface area contributed by atoms with Crippen molar-refractivity contribution in [1.29, 1.82) is 0 Å². The number of hydrogen-bond acceptors (Lipinski definition) is 3. The zero-order valence-electron chi connectivity index (χ0n) is 14.5. The minimum absolute atomic E-state index is 0.0439. The summed E-state index contributed by atoms with van der Waals surface area (Å²) in [5.74, 6) is -0.820. The quantitative estimate of drug-likeness (QED) is 0.777. The van der Waals surface area contributed by atoms with Crippen molar-refractivity contribution in [2.75, 3.05) is 19.6 Å². The topological polar surface area (TPSA) is 40.6 Å². The Hall–Kier alpha value is -2.53. The van der Waals surface area contributed by atoms with E-state index in [9.17, 15) is 14.0 Å². The van der Waals surface area contributed by atoms with Gasteiger partial charge in [-0.2, -0.15) is 0 Å². The summed E-state index contributed by atoms with van der Waals surface area (Å²) in [4.78, 5) is 28.9. The summed E-state index contributed by atoms with van der Waals surface area (Å²) in [6.45, 7) is 2.27. The molecule has 2 aliphatic heterocycles. The van der Waals surface area contributed by atoms with E-state index in [1.807, 2.05) is 30.3 Å². The van der Waals surface area contributed by atoms with Crippen LogP contribution in [-0.2, 0) is 22.6 Å². The van der Waals surface area contributed by atoms with Crippen LogP contribution >= 0.6 is 0 Å². The second kappa shape index (κ2) is 7.00. The molecule has 26 heavy (non-hydrogen) atoms. The Bertz CT molecular complexity index is 783. The largest absolute Gasteiger partial charge is 0.297 e. The van der Waals surface area contributed by atoms with E-state index in [1.165, 1.54) is 17.0 Å². The molecule has 0 spiro atoms. The van der Waals surface area contributed by atoms with Gasteiger partial charge in [0, 0.05) is 26.2 Å². The van der Waals surface area contributed by atoms with Crippen molar-refractivity contribution in [2.45, 2.75) is 13.0 Å². The normalized spacial score (nSPS) is 22.9. The van der Waals surface area contributed by atoms with Gasteiger partial charge in [-0.05, 0) is 29.7 Å². The smallest absolute Gasteiger partial charge is 0.234 e. The lowest BCUT2D eigenvalue weighted by atomic mass is 10.00. The summed E-state index contributed by atoms with van der Waals surface area (Å²) in [6.07, 6.45) is 0.692. The van der Waals surface area contributed by atoms with Gasteiger partial charge in [0.1, 0.15) is 5.82 Å². The molecule has 2 atom stereocenters. The summed E-state index contributed by atoms with van der Waals surface area (Å²) in [7, 11) is 0. The van der Waals surface area contributed by atoms with Gasteiger partial charge in [0.25, 0.3) is 0 Å². The molecule has 0 bridgehead atoms. The first kappa shape index (κ1) is 16.9. The highest BCUT2D eigenvalue weighted by Gasteiger charge is 2.51. The van der Waals surface area contributed by atoms with Crippen LogP contribution in [0.15, 0.2) is 54.6 Å². The van der Waals surface area contributed by atoms with Crippen molar-refractivity contribution in [2.24, 2.45) is 11.8 Å². The molecule has 2 aromatic rings. The highest BCUT2D eigenvalue weighted by Crippen LogP contribution is 2.34. The lowest BCUT2D eigenvalue weighted by Gasteiger charge is -2.20. The van der Waals surface area contributed by atoms with E-state index in [0.717, 1.165) is 11.1 Å². The van der Waals surface area contributed by atoms with E-state index >= 15 is 0 Å². The summed E-state index contributed by atoms with van der Waals surface area (Å²) in [5, 5.41) is 0. The van der Waals surface area contributed by atoms with E-state index in [2.05, 4.69) is 4.90 Å². The van der Waals surface area contributed by atoms with Crippen LogP contribution in [0.3, 0.4) is 0 Å². The first-order valence-corrected chi connectivity index (χ1v) is 8.98. The van der Waals surface area contributed by atoms with Gasteiger partial charge in [0.05, 0.1) is 11.8 Å². The minimum Gasteiger partial charge on any atom is -0.297 e. The fraction of sp³-hybridized carbons (Fsp3) is 0.333. The van der Waals surface area contributed by atoms with Crippen LogP contribution in [0.25, 0.3) is 0 Å². The highest BCUT2D eigenvalue weighted by atomic mass is 19.1. The van der Waals surface area contributed by atoms with E-state index in [-0.39, 0.29) is 29.5 Å². The minimum atomic E-state index is -0.258. The summed E-state index contributed by atoms with van der Waals surface area (Å²) < 4.78 is 13.0. The second-order valence-corrected chi connectivity index (χ2v) is 7.10. The molecule has 0 saturated carbocycles. The number of carbonyl (C=O) groups is 2. The molecular formula is C21H21FN2O2. The molecule has 0 unspecified atom stereocenters. The van der Waals surface area contributed by atoms with Crippen LogP contribution in [0, 0.1) is 17.7 Å². The van der Waals surface area contributed by atoms with Gasteiger partial charge in [-0.25, -0.2) is 4.39 Å². The molecule has 4 nitrogen and oxygen atoms in total. The van der Waals surface area contributed by atoms with E-state index in [1.54, 1.807) is 12.1 Å². The Labute approximate surface area is 152 Å². The number of amides is 2. The number of likely N-dealkylation sites (tertiary alicyclic amines) is 2. The van der Waals surface area contributed by atoms with Crippen LogP contribution in [-0.4, -0.2) is 41.2 Å². The van der Waals surface area contributed by atoms with Crippen LogP contribution < -0.4 is 0 Å². The molecule has 2 amide bonds. The van der Waals surface area contributed by atoms with Crippen LogP contribution in [0.4, 0.5) is 4.39 Å². The Kier molecular flexibility index (Phi) is 4.55. The SMILES string of the molecule is O=C1[C@H]2CN(Cc3ccc(F)cc3)C[C@H]2C(=O)N1CCc1ccccc1. The van der Waals surface area contributed by atoms with Crippen molar-refractivity contribution >= 4 is 11.8 Å². The lowest BCUT2D eigenvalue weighted by molar-refractivity contribution is -0.140. The molecular weight excluding hydrogens is 331 g/mol. The molecule has 4 rings (SSSR count). The molecule has 2 fully saturated rings. The monoisotopic (exact) mass is 352 g/mol. The second-order valence-electron chi connectivity index (χ2n) is 7.10. The first-order valence-electron chi connectivity index (χ1n) is 8.98. The van der Waals surface area contributed by atoms with Gasteiger partial charge in [-0.1, -0.05) is 42.5 Å². The zero-order valence-corrected chi connectivity index (χ0v) is 14.5. The number of benzene rings is 2. The molecule has 5 heteroatoms. The van der Waals surface area contributed by atoms with E-state index < -0.39 is 0 Å². The number of fused-ring (bicyclic) bond motifs is 1. The van der Waals surface area contributed by atoms with Crippen molar-refractivity contribution in [3.8, 4) is 0 Å². The predicted octanol–water partition coefficient (Wildman–Crippen LogP) is 2.49. The average Bonchev–Trinajstić information content (AvgIpc) is 3.16. The third-order valence-electron chi connectivity index (χ3n) is 5.35. The van der Waals surface area contributed by atoms with Crippen molar-refractivity contribution in [1.82, 2.24) is 9.80 Å². The molecule has 2 heterocycles. The van der Waals surface area contributed by atoms with Gasteiger partial charge in [-0.3, -0.25) is 19.4 Å². The Balaban J connectivity index is 1.37. The fourth-order valence-electron chi connectivity index (χ4n) is 3.98. The third kappa shape index (κ3) is 3.27. The van der Waals surface area contributed by atoms with Crippen molar-refractivity contribution < 1.29 is 14.0 Å². The molecule has 134 valence electrons. The van der Waals surface area contributed by atoms with Gasteiger partial charge in [0.2, 0.25) is 11.8 Å². The molecule has 2 aliphatic rings. The fourth-order valence-corrected chi connectivity index (χ4v) is 3.98. The van der Waals surface area contributed by atoms with Crippen LogP contribution in [0.1, 0.15) is 11.1 Å². The van der Waals surface area contributed by atoms with E-state index in [4.69, 9.17) is 0 Å². The van der Waals surface area contributed by atoms with Gasteiger partial charge in [-0.15, -0.1) is 0 Å². The third-order valence-corrected chi connectivity index (χ3v) is 5.35. The van der Waals surface area contributed by atoms with Gasteiger partial charge in [0.15, 0.2) is 0 Å². The highest BCUT2D eigenvalue weighted by molar-refractivity contribution is 6.05. The maximum absolute atomic E-state index is 13.0. The van der Waals surface area contributed by atoms with Gasteiger partial charge >= 0.3 is 0 Å².